The number of rotatable bonds is 2. The highest BCUT2D eigenvalue weighted by atomic mass is 32.1. The van der Waals surface area contributed by atoms with E-state index in [0.29, 0.717) is 17.8 Å². The van der Waals surface area contributed by atoms with Gasteiger partial charge in [0.15, 0.2) is 5.78 Å². The third-order valence-electron chi connectivity index (χ3n) is 5.52. The van der Waals surface area contributed by atoms with Gasteiger partial charge in [-0.3, -0.25) is 9.69 Å². The van der Waals surface area contributed by atoms with Crippen LogP contribution in [-0.4, -0.2) is 5.78 Å². The summed E-state index contributed by atoms with van der Waals surface area (Å²) in [6.45, 7) is 6.25. The highest BCUT2D eigenvalue weighted by molar-refractivity contribution is 7.08. The van der Waals surface area contributed by atoms with Gasteiger partial charge in [-0.2, -0.15) is 16.6 Å². The summed E-state index contributed by atoms with van der Waals surface area (Å²) >= 11 is 1.57. The van der Waals surface area contributed by atoms with E-state index in [1.165, 1.54) is 0 Å². The van der Waals surface area contributed by atoms with Crippen LogP contribution in [0.1, 0.15) is 43.7 Å². The molecule has 1 unspecified atom stereocenters. The van der Waals surface area contributed by atoms with E-state index in [0.717, 1.165) is 34.5 Å². The number of anilines is 1. The molecule has 0 fully saturated rings. The Kier molecular flexibility index (Phi) is 4.40. The number of thiophene rings is 1. The molecular formula is C23H23N3OS. The molecule has 0 spiro atoms. The third kappa shape index (κ3) is 2.94. The number of nitrogens with two attached hydrogens (primary N) is 1. The maximum atomic E-state index is 13.3. The van der Waals surface area contributed by atoms with E-state index in [9.17, 15) is 10.1 Å². The fourth-order valence-electron chi connectivity index (χ4n) is 4.34. The Labute approximate surface area is 169 Å². The van der Waals surface area contributed by atoms with Crippen LogP contribution in [0.3, 0.4) is 0 Å². The van der Waals surface area contributed by atoms with Gasteiger partial charge in [0, 0.05) is 23.4 Å². The lowest BCUT2D eigenvalue weighted by atomic mass is 9.69. The summed E-state index contributed by atoms with van der Waals surface area (Å²) < 4.78 is 0. The number of nitriles is 1. The summed E-state index contributed by atoms with van der Waals surface area (Å²) in [5.74, 6) is 0.157. The second-order valence-electron chi connectivity index (χ2n) is 8.38. The molecule has 2 heterocycles. The Morgan fingerprint density at radius 1 is 1.29 bits per heavy atom. The van der Waals surface area contributed by atoms with Crippen molar-refractivity contribution < 1.29 is 4.79 Å². The van der Waals surface area contributed by atoms with Crippen molar-refractivity contribution in [3.05, 3.63) is 74.9 Å². The van der Waals surface area contributed by atoms with E-state index in [1.54, 1.807) is 11.3 Å². The molecule has 2 aromatic rings. The Hall–Kier alpha value is -2.84. The maximum Gasteiger partial charge on any atom is 0.162 e. The quantitative estimate of drug-likeness (QED) is 0.785. The highest BCUT2D eigenvalue weighted by Gasteiger charge is 2.44. The summed E-state index contributed by atoms with van der Waals surface area (Å²) in [4.78, 5) is 15.2. The minimum atomic E-state index is -0.379. The number of hydrogen-bond donors (Lipinski definition) is 1. The normalized spacial score (nSPS) is 21.6. The number of Topliss-reactive ketones (excluding diaryl/α,β-unsaturated/α-hetero) is 1. The number of ketones is 1. The molecule has 5 heteroatoms. The van der Waals surface area contributed by atoms with Gasteiger partial charge in [0.25, 0.3) is 0 Å². The molecule has 28 heavy (non-hydrogen) atoms. The first-order valence-electron chi connectivity index (χ1n) is 9.37. The van der Waals surface area contributed by atoms with Gasteiger partial charge in [-0.1, -0.05) is 26.0 Å². The molecule has 1 aliphatic heterocycles. The van der Waals surface area contributed by atoms with Crippen molar-refractivity contribution in [2.24, 2.45) is 11.1 Å². The van der Waals surface area contributed by atoms with Crippen LogP contribution in [0.15, 0.2) is 63.8 Å². The van der Waals surface area contributed by atoms with Crippen molar-refractivity contribution in [3.8, 4) is 6.07 Å². The predicted octanol–water partition coefficient (Wildman–Crippen LogP) is 5.00. The number of nitrogens with zero attached hydrogens (tertiary/aromatic N) is 2. The molecule has 0 bridgehead atoms. The number of hydrogen-bond acceptors (Lipinski definition) is 5. The van der Waals surface area contributed by atoms with E-state index >= 15 is 0 Å². The van der Waals surface area contributed by atoms with Crippen LogP contribution in [0.4, 0.5) is 5.69 Å². The fraction of sp³-hybridized carbons (Fsp3) is 0.304. The Bertz CT molecular complexity index is 1050. The second-order valence-corrected chi connectivity index (χ2v) is 9.16. The molecular weight excluding hydrogens is 366 g/mol. The zero-order chi connectivity index (χ0) is 20.1. The van der Waals surface area contributed by atoms with E-state index < -0.39 is 0 Å². The average molecular weight is 390 g/mol. The number of carbonyl (C=O) groups excluding carboxylic acids is 1. The van der Waals surface area contributed by atoms with Crippen LogP contribution in [0.25, 0.3) is 0 Å². The zero-order valence-corrected chi connectivity index (χ0v) is 17.1. The fourth-order valence-corrected chi connectivity index (χ4v) is 5.03. The largest absolute Gasteiger partial charge is 0.384 e. The molecule has 1 aliphatic carbocycles. The first-order chi connectivity index (χ1) is 13.3. The van der Waals surface area contributed by atoms with Crippen LogP contribution < -0.4 is 10.6 Å². The summed E-state index contributed by atoms with van der Waals surface area (Å²) in [6.07, 6.45) is 1.22. The number of benzene rings is 1. The van der Waals surface area contributed by atoms with Gasteiger partial charge in [0.1, 0.15) is 5.82 Å². The third-order valence-corrected chi connectivity index (χ3v) is 6.22. The summed E-state index contributed by atoms with van der Waals surface area (Å²) in [6, 6.07) is 12.3. The number of carbonyl (C=O) groups is 1. The van der Waals surface area contributed by atoms with Crippen LogP contribution >= 0.6 is 11.3 Å². The Morgan fingerprint density at radius 3 is 2.71 bits per heavy atom. The van der Waals surface area contributed by atoms with Crippen LogP contribution in [0.2, 0.25) is 0 Å². The molecule has 4 nitrogen and oxygen atoms in total. The smallest absolute Gasteiger partial charge is 0.162 e. The van der Waals surface area contributed by atoms with Gasteiger partial charge in [-0.15, -0.1) is 0 Å². The lowest BCUT2D eigenvalue weighted by Gasteiger charge is -2.43. The van der Waals surface area contributed by atoms with Gasteiger partial charge in [0.2, 0.25) is 0 Å². The molecule has 0 saturated heterocycles. The van der Waals surface area contributed by atoms with Crippen LogP contribution in [0, 0.1) is 23.7 Å². The van der Waals surface area contributed by atoms with Gasteiger partial charge in [-0.05, 0) is 58.8 Å². The van der Waals surface area contributed by atoms with Gasteiger partial charge in [-0.25, -0.2) is 0 Å². The molecule has 0 amide bonds. The van der Waals surface area contributed by atoms with Gasteiger partial charge < -0.3 is 5.73 Å². The summed E-state index contributed by atoms with van der Waals surface area (Å²) in [5.41, 5.74) is 11.5. The standard InChI is InChI=1S/C23H23N3OS/c1-14-5-4-6-16(9-14)26-18-10-23(2,3)11-19(27)21(18)20(15-7-8-28-13-15)17(12-24)22(26)25/h4-9,13,20H,10-11,25H2,1-3H3. The van der Waals surface area contributed by atoms with Crippen molar-refractivity contribution in [2.45, 2.75) is 39.5 Å². The molecule has 0 saturated carbocycles. The SMILES string of the molecule is Cc1cccc(N2C(N)=C(C#N)C(c3ccsc3)C3=C2CC(C)(C)CC3=O)c1. The van der Waals surface area contributed by atoms with Crippen molar-refractivity contribution >= 4 is 22.8 Å². The number of allylic oxidation sites excluding steroid dienone is 3. The second kappa shape index (κ2) is 6.65. The van der Waals surface area contributed by atoms with Crippen LogP contribution in [-0.2, 0) is 4.79 Å². The minimum absolute atomic E-state index is 0.111. The number of aryl methyl sites for hydroxylation is 1. The maximum absolute atomic E-state index is 13.3. The molecule has 4 rings (SSSR count). The Balaban J connectivity index is 2.00. The predicted molar refractivity (Wildman–Crippen MR) is 113 cm³/mol. The zero-order valence-electron chi connectivity index (χ0n) is 16.3. The first-order valence-corrected chi connectivity index (χ1v) is 10.3. The van der Waals surface area contributed by atoms with E-state index in [4.69, 9.17) is 5.73 Å². The minimum Gasteiger partial charge on any atom is -0.384 e. The molecule has 1 atom stereocenters. The highest BCUT2D eigenvalue weighted by Crippen LogP contribution is 2.50. The monoisotopic (exact) mass is 389 g/mol. The molecule has 2 N–H and O–H groups in total. The van der Waals surface area contributed by atoms with Crippen molar-refractivity contribution in [3.63, 3.8) is 0 Å². The molecule has 1 aromatic carbocycles. The molecule has 0 radical (unpaired) electrons. The van der Waals surface area contributed by atoms with E-state index in [2.05, 4.69) is 19.9 Å². The van der Waals surface area contributed by atoms with Gasteiger partial charge >= 0.3 is 0 Å². The Morgan fingerprint density at radius 2 is 2.07 bits per heavy atom. The topological polar surface area (TPSA) is 70.1 Å². The molecule has 2 aliphatic rings. The summed E-state index contributed by atoms with van der Waals surface area (Å²) in [7, 11) is 0. The average Bonchev–Trinajstić information content (AvgIpc) is 3.14. The molecule has 142 valence electrons. The lowest BCUT2D eigenvalue weighted by molar-refractivity contribution is -0.118. The van der Waals surface area contributed by atoms with E-state index in [-0.39, 0.29) is 17.1 Å². The lowest BCUT2D eigenvalue weighted by Crippen LogP contribution is -2.42. The van der Waals surface area contributed by atoms with Crippen molar-refractivity contribution in [2.75, 3.05) is 4.90 Å². The van der Waals surface area contributed by atoms with Crippen LogP contribution in [0.5, 0.6) is 0 Å². The first kappa shape index (κ1) is 18.5. The molecule has 1 aromatic heterocycles. The van der Waals surface area contributed by atoms with Crippen molar-refractivity contribution in [1.82, 2.24) is 0 Å². The van der Waals surface area contributed by atoms with Crippen molar-refractivity contribution in [1.29, 1.82) is 5.26 Å². The van der Waals surface area contributed by atoms with Gasteiger partial charge in [0.05, 0.1) is 17.6 Å². The van der Waals surface area contributed by atoms with E-state index in [1.807, 2.05) is 52.9 Å². The summed E-state index contributed by atoms with van der Waals surface area (Å²) in [5, 5.41) is 14.0.